The number of ether oxygens (including phenoxy) is 3. The van der Waals surface area contributed by atoms with Crippen molar-refractivity contribution >= 4 is 23.9 Å². The normalized spacial score (nSPS) is 16.0. The number of aliphatic carboxylic acids is 1. The summed E-state index contributed by atoms with van der Waals surface area (Å²) in [5, 5.41) is 9.71. The van der Waals surface area contributed by atoms with Gasteiger partial charge in [0.25, 0.3) is 0 Å². The Kier molecular flexibility index (Phi) is 13.3. The molecule has 0 amide bonds. The molecule has 1 aromatic carbocycles. The third kappa shape index (κ3) is 10.1. The van der Waals surface area contributed by atoms with Crippen LogP contribution in [0.2, 0.25) is 0 Å². The zero-order valence-electron chi connectivity index (χ0n) is 23.1. The molecule has 9 heteroatoms. The van der Waals surface area contributed by atoms with E-state index in [-0.39, 0.29) is 42.6 Å². The molecule has 0 saturated carbocycles. The molecule has 6 atom stereocenters. The summed E-state index contributed by atoms with van der Waals surface area (Å²) in [5.41, 5.74) is 6.54. The molecule has 0 aromatic heterocycles. The van der Waals surface area contributed by atoms with Gasteiger partial charge in [-0.15, -0.1) is 0 Å². The molecule has 5 unspecified atom stereocenters. The zero-order valence-corrected chi connectivity index (χ0v) is 23.1. The van der Waals surface area contributed by atoms with E-state index in [0.717, 1.165) is 12.8 Å². The van der Waals surface area contributed by atoms with Crippen molar-refractivity contribution in [3.63, 3.8) is 0 Å². The van der Waals surface area contributed by atoms with Gasteiger partial charge in [0.15, 0.2) is 11.5 Å². The quantitative estimate of drug-likeness (QED) is 0.245. The van der Waals surface area contributed by atoms with E-state index in [1.807, 2.05) is 27.7 Å². The summed E-state index contributed by atoms with van der Waals surface area (Å²) in [5.74, 6) is -3.61. The summed E-state index contributed by atoms with van der Waals surface area (Å²) in [7, 11) is 0. The molecule has 9 nitrogen and oxygen atoms in total. The Balaban J connectivity index is 3.46. The number of hydrogen-bond acceptors (Lipinski definition) is 8. The first-order valence-electron chi connectivity index (χ1n) is 13.1. The molecule has 1 aromatic rings. The maximum absolute atomic E-state index is 12.6. The van der Waals surface area contributed by atoms with Crippen LogP contribution in [-0.2, 0) is 23.9 Å². The molecule has 0 radical (unpaired) electrons. The lowest BCUT2D eigenvalue weighted by Gasteiger charge is -2.31. The molecule has 3 N–H and O–H groups in total. The SMILES string of the molecule is CCC(=O)OC(C)C(C)C(c1ccc(OC(=O)CC(C)CC)c(OC(=O)CC(C)CC)c1)[C@H](N)C(=O)O. The van der Waals surface area contributed by atoms with E-state index in [0.29, 0.717) is 5.56 Å². The minimum Gasteiger partial charge on any atom is -0.480 e. The maximum atomic E-state index is 12.6. The third-order valence-corrected chi connectivity index (χ3v) is 6.81. The average molecular weight is 522 g/mol. The Morgan fingerprint density at radius 1 is 0.838 bits per heavy atom. The van der Waals surface area contributed by atoms with Gasteiger partial charge in [0.2, 0.25) is 0 Å². The molecule has 0 aliphatic heterocycles. The van der Waals surface area contributed by atoms with Gasteiger partial charge >= 0.3 is 23.9 Å². The first kappa shape index (κ1) is 32.1. The predicted molar refractivity (Wildman–Crippen MR) is 139 cm³/mol. The standard InChI is InChI=1S/C28H43NO8/c1-8-16(4)13-24(31)36-21-12-11-20(15-22(21)37-25(32)14-17(5)9-2)26(27(29)28(33)34)18(6)19(7)35-23(30)10-3/h11-12,15-19,26-27H,8-10,13-14,29H2,1-7H3,(H,33,34)/t16?,17?,18?,19?,26?,27-/m0/s1. The Bertz CT molecular complexity index is 931. The van der Waals surface area contributed by atoms with Gasteiger partial charge in [-0.1, -0.05) is 60.5 Å². The molecule has 0 spiro atoms. The second kappa shape index (κ2) is 15.3. The Morgan fingerprint density at radius 2 is 1.35 bits per heavy atom. The minimum absolute atomic E-state index is 0.0105. The second-order valence-electron chi connectivity index (χ2n) is 9.89. The fraction of sp³-hybridized carbons (Fsp3) is 0.643. The second-order valence-corrected chi connectivity index (χ2v) is 9.89. The molecule has 0 bridgehead atoms. The monoisotopic (exact) mass is 521 g/mol. The maximum Gasteiger partial charge on any atom is 0.321 e. The highest BCUT2D eigenvalue weighted by molar-refractivity contribution is 5.77. The van der Waals surface area contributed by atoms with Crippen molar-refractivity contribution in [2.45, 2.75) is 98.6 Å². The van der Waals surface area contributed by atoms with Gasteiger partial charge in [-0.05, 0) is 36.5 Å². The van der Waals surface area contributed by atoms with Crippen molar-refractivity contribution in [1.29, 1.82) is 0 Å². The Labute approximate surface area is 220 Å². The van der Waals surface area contributed by atoms with Crippen LogP contribution in [0, 0.1) is 17.8 Å². The van der Waals surface area contributed by atoms with Crippen LogP contribution in [0.1, 0.15) is 92.1 Å². The van der Waals surface area contributed by atoms with Crippen LogP contribution in [0.4, 0.5) is 0 Å². The number of benzene rings is 1. The first-order chi connectivity index (χ1) is 17.3. The number of carboxylic acid groups (broad SMARTS) is 1. The Hall–Kier alpha value is -2.94. The summed E-state index contributed by atoms with van der Waals surface area (Å²) < 4.78 is 16.6. The van der Waals surface area contributed by atoms with Gasteiger partial charge in [0, 0.05) is 31.1 Å². The number of rotatable bonds is 15. The van der Waals surface area contributed by atoms with Crippen molar-refractivity contribution < 1.29 is 38.5 Å². The fourth-order valence-electron chi connectivity index (χ4n) is 3.76. The van der Waals surface area contributed by atoms with E-state index in [2.05, 4.69) is 0 Å². The first-order valence-corrected chi connectivity index (χ1v) is 13.1. The smallest absolute Gasteiger partial charge is 0.321 e. The topological polar surface area (TPSA) is 142 Å². The molecular weight excluding hydrogens is 478 g/mol. The molecule has 37 heavy (non-hydrogen) atoms. The molecule has 208 valence electrons. The number of carbonyl (C=O) groups is 4. The summed E-state index contributed by atoms with van der Waals surface area (Å²) in [6.07, 6.45) is 1.50. The number of hydrogen-bond donors (Lipinski definition) is 2. The lowest BCUT2D eigenvalue weighted by molar-refractivity contribution is -0.151. The average Bonchev–Trinajstić information content (AvgIpc) is 2.84. The van der Waals surface area contributed by atoms with Crippen molar-refractivity contribution in [1.82, 2.24) is 0 Å². The van der Waals surface area contributed by atoms with Gasteiger partial charge in [-0.25, -0.2) is 0 Å². The molecule has 0 fully saturated rings. The van der Waals surface area contributed by atoms with Crippen LogP contribution in [0.3, 0.4) is 0 Å². The summed E-state index contributed by atoms with van der Waals surface area (Å²) >= 11 is 0. The van der Waals surface area contributed by atoms with Crippen LogP contribution in [0.15, 0.2) is 18.2 Å². The highest BCUT2D eigenvalue weighted by Gasteiger charge is 2.35. The largest absolute Gasteiger partial charge is 0.480 e. The lowest BCUT2D eigenvalue weighted by Crippen LogP contribution is -2.42. The number of carbonyl (C=O) groups excluding carboxylic acids is 3. The van der Waals surface area contributed by atoms with E-state index in [1.54, 1.807) is 26.8 Å². The summed E-state index contributed by atoms with van der Waals surface area (Å²) in [6.45, 7) is 12.9. The van der Waals surface area contributed by atoms with Crippen LogP contribution in [0.25, 0.3) is 0 Å². The van der Waals surface area contributed by atoms with E-state index in [4.69, 9.17) is 19.9 Å². The predicted octanol–water partition coefficient (Wildman–Crippen LogP) is 4.84. The Morgan fingerprint density at radius 3 is 1.81 bits per heavy atom. The molecule has 1 rings (SSSR count). The number of esters is 3. The molecule has 0 saturated heterocycles. The van der Waals surface area contributed by atoms with Gasteiger partial charge in [0.05, 0.1) is 0 Å². The van der Waals surface area contributed by atoms with Gasteiger partial charge in [0.1, 0.15) is 12.1 Å². The van der Waals surface area contributed by atoms with Crippen LogP contribution >= 0.6 is 0 Å². The van der Waals surface area contributed by atoms with Crippen molar-refractivity contribution in [2.24, 2.45) is 23.5 Å². The summed E-state index contributed by atoms with van der Waals surface area (Å²) in [4.78, 5) is 48.8. The third-order valence-electron chi connectivity index (χ3n) is 6.81. The molecule has 0 heterocycles. The van der Waals surface area contributed by atoms with E-state index >= 15 is 0 Å². The zero-order chi connectivity index (χ0) is 28.3. The van der Waals surface area contributed by atoms with Crippen LogP contribution in [-0.4, -0.2) is 41.1 Å². The van der Waals surface area contributed by atoms with Crippen molar-refractivity contribution in [3.05, 3.63) is 23.8 Å². The molecular formula is C28H43NO8. The van der Waals surface area contributed by atoms with Gasteiger partial charge < -0.3 is 25.1 Å². The van der Waals surface area contributed by atoms with Gasteiger partial charge in [-0.3, -0.25) is 19.2 Å². The van der Waals surface area contributed by atoms with E-state index < -0.39 is 47.9 Å². The molecule has 0 aliphatic carbocycles. The van der Waals surface area contributed by atoms with E-state index in [9.17, 15) is 24.3 Å². The number of nitrogens with two attached hydrogens (primary N) is 1. The van der Waals surface area contributed by atoms with E-state index in [1.165, 1.54) is 12.1 Å². The number of carboxylic acids is 1. The molecule has 0 aliphatic rings. The van der Waals surface area contributed by atoms with Crippen LogP contribution in [0.5, 0.6) is 11.5 Å². The van der Waals surface area contributed by atoms with Crippen molar-refractivity contribution in [2.75, 3.05) is 0 Å². The van der Waals surface area contributed by atoms with Gasteiger partial charge in [-0.2, -0.15) is 0 Å². The van der Waals surface area contributed by atoms with Crippen LogP contribution < -0.4 is 15.2 Å². The highest BCUT2D eigenvalue weighted by Crippen LogP contribution is 2.37. The van der Waals surface area contributed by atoms with Crippen molar-refractivity contribution in [3.8, 4) is 11.5 Å². The lowest BCUT2D eigenvalue weighted by atomic mass is 9.79. The fourth-order valence-corrected chi connectivity index (χ4v) is 3.76. The minimum atomic E-state index is -1.33. The summed E-state index contributed by atoms with van der Waals surface area (Å²) in [6, 6.07) is 3.22. The highest BCUT2D eigenvalue weighted by atomic mass is 16.6.